The maximum absolute atomic E-state index is 9.21. The van der Waals surface area contributed by atoms with Gasteiger partial charge in [-0.05, 0) is 50.1 Å². The molecule has 0 aliphatic heterocycles. The molecule has 0 aliphatic rings. The highest BCUT2D eigenvalue weighted by Gasteiger charge is 2.05. The summed E-state index contributed by atoms with van der Waals surface area (Å²) < 4.78 is 0. The molecule has 1 atom stereocenters. The Bertz CT molecular complexity index is 489. The molecule has 2 aromatic rings. The molecule has 96 valence electrons. The fraction of sp³-hybridized carbons (Fsp3) is 0.333. The van der Waals surface area contributed by atoms with E-state index in [1.54, 1.807) is 12.1 Å². The van der Waals surface area contributed by atoms with Gasteiger partial charge in [-0.15, -0.1) is 11.3 Å². The van der Waals surface area contributed by atoms with Crippen molar-refractivity contribution in [3.63, 3.8) is 0 Å². The van der Waals surface area contributed by atoms with Crippen LogP contribution in [0, 0.1) is 6.92 Å². The van der Waals surface area contributed by atoms with Crippen molar-refractivity contribution in [2.24, 2.45) is 0 Å². The molecule has 1 heterocycles. The molecule has 0 bridgehead atoms. The molecule has 2 nitrogen and oxygen atoms in total. The minimum absolute atomic E-state index is 0.320. The van der Waals surface area contributed by atoms with Gasteiger partial charge < -0.3 is 10.4 Å². The average molecular weight is 261 g/mol. The highest BCUT2D eigenvalue weighted by Crippen LogP contribution is 2.17. The van der Waals surface area contributed by atoms with E-state index in [4.69, 9.17) is 0 Å². The Balaban J connectivity index is 1.81. The first-order valence-corrected chi connectivity index (χ1v) is 7.02. The first-order valence-electron chi connectivity index (χ1n) is 6.20. The van der Waals surface area contributed by atoms with Gasteiger partial charge in [0.25, 0.3) is 0 Å². The van der Waals surface area contributed by atoms with Gasteiger partial charge in [0.2, 0.25) is 0 Å². The normalized spacial score (nSPS) is 12.6. The molecule has 0 aliphatic carbocycles. The Kier molecular flexibility index (Phi) is 4.39. The summed E-state index contributed by atoms with van der Waals surface area (Å²) in [5.74, 6) is 0.320. The summed E-state index contributed by atoms with van der Waals surface area (Å²) in [4.78, 5) is 2.80. The second-order valence-electron chi connectivity index (χ2n) is 4.66. The zero-order chi connectivity index (χ0) is 13.0. The zero-order valence-corrected chi connectivity index (χ0v) is 11.6. The minimum Gasteiger partial charge on any atom is -0.508 e. The smallest absolute Gasteiger partial charge is 0.115 e. The highest BCUT2D eigenvalue weighted by atomic mass is 32.1. The molecule has 0 saturated carbocycles. The van der Waals surface area contributed by atoms with Gasteiger partial charge in [0.15, 0.2) is 0 Å². The molecule has 0 radical (unpaired) electrons. The van der Waals surface area contributed by atoms with Gasteiger partial charge in [-0.2, -0.15) is 0 Å². The summed E-state index contributed by atoms with van der Waals surface area (Å²) in [5, 5.41) is 12.7. The summed E-state index contributed by atoms with van der Waals surface area (Å²) in [6.07, 6.45) is 1.07. The minimum atomic E-state index is 0.320. The molecule has 3 heteroatoms. The number of hydrogen-bond acceptors (Lipinski definition) is 3. The molecule has 0 amide bonds. The third-order valence-electron chi connectivity index (χ3n) is 2.89. The van der Waals surface area contributed by atoms with Crippen molar-refractivity contribution < 1.29 is 5.11 Å². The first kappa shape index (κ1) is 13.1. The van der Waals surface area contributed by atoms with Gasteiger partial charge in [-0.1, -0.05) is 12.1 Å². The third kappa shape index (κ3) is 3.86. The second kappa shape index (κ2) is 6.03. The highest BCUT2D eigenvalue weighted by molar-refractivity contribution is 7.11. The Morgan fingerprint density at radius 2 is 1.89 bits per heavy atom. The summed E-state index contributed by atoms with van der Waals surface area (Å²) in [7, 11) is 0. The third-order valence-corrected chi connectivity index (χ3v) is 3.92. The number of nitrogens with one attached hydrogen (secondary N) is 1. The van der Waals surface area contributed by atoms with Crippen LogP contribution in [0.2, 0.25) is 0 Å². The van der Waals surface area contributed by atoms with E-state index < -0.39 is 0 Å². The Labute approximate surface area is 112 Å². The lowest BCUT2D eigenvalue weighted by molar-refractivity contribution is 0.474. The van der Waals surface area contributed by atoms with E-state index >= 15 is 0 Å². The van der Waals surface area contributed by atoms with Crippen LogP contribution in [0.1, 0.15) is 22.2 Å². The monoisotopic (exact) mass is 261 g/mol. The molecule has 1 aromatic heterocycles. The van der Waals surface area contributed by atoms with Crippen LogP contribution >= 0.6 is 11.3 Å². The summed E-state index contributed by atoms with van der Waals surface area (Å²) >= 11 is 1.87. The standard InChI is InChI=1S/C15H19NOS/c1-11(9-15-8-3-12(2)18-15)16-10-13-4-6-14(17)7-5-13/h3-8,11,16-17H,9-10H2,1-2H3. The number of rotatable bonds is 5. The van der Waals surface area contributed by atoms with Crippen LogP contribution < -0.4 is 5.32 Å². The van der Waals surface area contributed by atoms with Crippen molar-refractivity contribution in [1.82, 2.24) is 5.32 Å². The van der Waals surface area contributed by atoms with Crippen molar-refractivity contribution in [2.75, 3.05) is 0 Å². The van der Waals surface area contributed by atoms with E-state index in [0.29, 0.717) is 11.8 Å². The number of phenols is 1. The van der Waals surface area contributed by atoms with Gasteiger partial charge in [-0.25, -0.2) is 0 Å². The largest absolute Gasteiger partial charge is 0.508 e. The van der Waals surface area contributed by atoms with Gasteiger partial charge in [0.05, 0.1) is 0 Å². The van der Waals surface area contributed by atoms with E-state index in [0.717, 1.165) is 13.0 Å². The molecule has 1 unspecified atom stereocenters. The topological polar surface area (TPSA) is 32.3 Å². The van der Waals surface area contributed by atoms with Crippen LogP contribution in [-0.4, -0.2) is 11.1 Å². The lowest BCUT2D eigenvalue weighted by Crippen LogP contribution is -2.27. The lowest BCUT2D eigenvalue weighted by atomic mass is 10.1. The SMILES string of the molecule is Cc1ccc(CC(C)NCc2ccc(O)cc2)s1. The van der Waals surface area contributed by atoms with Crippen molar-refractivity contribution in [3.05, 3.63) is 51.7 Å². The average Bonchev–Trinajstić information content (AvgIpc) is 2.74. The molecule has 18 heavy (non-hydrogen) atoms. The molecule has 2 rings (SSSR count). The maximum Gasteiger partial charge on any atom is 0.115 e. The van der Waals surface area contributed by atoms with Crippen molar-refractivity contribution in [2.45, 2.75) is 32.9 Å². The number of hydrogen-bond donors (Lipinski definition) is 2. The Hall–Kier alpha value is -1.32. The number of thiophene rings is 1. The lowest BCUT2D eigenvalue weighted by Gasteiger charge is -2.12. The fourth-order valence-electron chi connectivity index (χ4n) is 1.87. The van der Waals surface area contributed by atoms with Crippen molar-refractivity contribution >= 4 is 11.3 Å². The van der Waals surface area contributed by atoms with E-state index in [1.165, 1.54) is 15.3 Å². The molecule has 2 N–H and O–H groups in total. The van der Waals surface area contributed by atoms with Crippen LogP contribution in [0.3, 0.4) is 0 Å². The van der Waals surface area contributed by atoms with Crippen molar-refractivity contribution in [3.8, 4) is 5.75 Å². The Morgan fingerprint density at radius 1 is 1.17 bits per heavy atom. The van der Waals surface area contributed by atoms with Crippen molar-refractivity contribution in [1.29, 1.82) is 0 Å². The number of aromatic hydroxyl groups is 1. The van der Waals surface area contributed by atoms with Gasteiger partial charge in [0, 0.05) is 22.3 Å². The number of phenolic OH excluding ortho intramolecular Hbond substituents is 1. The van der Waals surface area contributed by atoms with E-state index in [2.05, 4.69) is 31.3 Å². The van der Waals surface area contributed by atoms with E-state index in [1.807, 2.05) is 23.5 Å². The van der Waals surface area contributed by atoms with Gasteiger partial charge >= 0.3 is 0 Å². The first-order chi connectivity index (χ1) is 8.63. The molecular weight excluding hydrogens is 242 g/mol. The Morgan fingerprint density at radius 3 is 2.50 bits per heavy atom. The van der Waals surface area contributed by atoms with Crippen LogP contribution in [0.25, 0.3) is 0 Å². The van der Waals surface area contributed by atoms with Crippen LogP contribution in [0.4, 0.5) is 0 Å². The summed E-state index contributed by atoms with van der Waals surface area (Å²) in [5.41, 5.74) is 1.20. The number of aryl methyl sites for hydroxylation is 1. The maximum atomic E-state index is 9.21. The van der Waals surface area contributed by atoms with Crippen LogP contribution in [0.15, 0.2) is 36.4 Å². The molecule has 0 saturated heterocycles. The summed E-state index contributed by atoms with van der Waals surface area (Å²) in [6, 6.07) is 12.2. The van der Waals surface area contributed by atoms with Crippen LogP contribution in [0.5, 0.6) is 5.75 Å². The second-order valence-corrected chi connectivity index (χ2v) is 6.04. The molecular formula is C15H19NOS. The predicted molar refractivity (Wildman–Crippen MR) is 77.2 cm³/mol. The van der Waals surface area contributed by atoms with Gasteiger partial charge in [-0.3, -0.25) is 0 Å². The molecule has 1 aromatic carbocycles. The molecule has 0 fully saturated rings. The summed E-state index contributed by atoms with van der Waals surface area (Å²) in [6.45, 7) is 5.18. The number of benzene rings is 1. The quantitative estimate of drug-likeness (QED) is 0.863. The zero-order valence-electron chi connectivity index (χ0n) is 10.8. The predicted octanol–water partition coefficient (Wildman–Crippen LogP) is 3.48. The van der Waals surface area contributed by atoms with Gasteiger partial charge in [0.1, 0.15) is 5.75 Å². The van der Waals surface area contributed by atoms with E-state index in [9.17, 15) is 5.11 Å². The fourth-order valence-corrected chi connectivity index (χ4v) is 2.89. The van der Waals surface area contributed by atoms with Crippen LogP contribution in [-0.2, 0) is 13.0 Å². The van der Waals surface area contributed by atoms with E-state index in [-0.39, 0.29) is 0 Å². The molecule has 0 spiro atoms.